The maximum absolute atomic E-state index is 12.1. The van der Waals surface area contributed by atoms with Crippen LogP contribution in [0.25, 0.3) is 11.3 Å². The summed E-state index contributed by atoms with van der Waals surface area (Å²) in [6.45, 7) is 0. The Labute approximate surface area is 124 Å². The summed E-state index contributed by atoms with van der Waals surface area (Å²) >= 11 is 5.71. The Balaban J connectivity index is 1.82. The first-order valence-corrected chi connectivity index (χ1v) is 6.38. The SMILES string of the molecule is O=C(Nc1cccc(-c2cnco2)c1)c1cncc(Cl)n1. The van der Waals surface area contributed by atoms with Crippen molar-refractivity contribution in [3.63, 3.8) is 0 Å². The first kappa shape index (κ1) is 13.3. The number of rotatable bonds is 3. The van der Waals surface area contributed by atoms with Gasteiger partial charge in [-0.2, -0.15) is 0 Å². The quantitative estimate of drug-likeness (QED) is 0.804. The van der Waals surface area contributed by atoms with Crippen LogP contribution in [0.15, 0.2) is 53.7 Å². The van der Waals surface area contributed by atoms with Gasteiger partial charge >= 0.3 is 0 Å². The molecular formula is C14H9ClN4O2. The van der Waals surface area contributed by atoms with Crippen LogP contribution in [0.1, 0.15) is 10.5 Å². The average Bonchev–Trinajstić information content (AvgIpc) is 3.02. The van der Waals surface area contributed by atoms with Crippen LogP contribution in [0.2, 0.25) is 5.15 Å². The fraction of sp³-hybridized carbons (Fsp3) is 0. The maximum Gasteiger partial charge on any atom is 0.275 e. The van der Waals surface area contributed by atoms with E-state index in [-0.39, 0.29) is 16.8 Å². The Morgan fingerprint density at radius 2 is 2.10 bits per heavy atom. The number of amides is 1. The Hall–Kier alpha value is -2.73. The molecule has 7 heteroatoms. The minimum Gasteiger partial charge on any atom is -0.444 e. The Kier molecular flexibility index (Phi) is 3.61. The van der Waals surface area contributed by atoms with E-state index in [1.54, 1.807) is 24.4 Å². The zero-order valence-electron chi connectivity index (χ0n) is 10.7. The van der Waals surface area contributed by atoms with Crippen LogP contribution < -0.4 is 5.32 Å². The predicted octanol–water partition coefficient (Wildman–Crippen LogP) is 3.04. The molecule has 2 heterocycles. The van der Waals surface area contributed by atoms with Crippen molar-refractivity contribution < 1.29 is 9.21 Å². The van der Waals surface area contributed by atoms with Crippen LogP contribution in [0.4, 0.5) is 5.69 Å². The number of halogens is 1. The molecule has 1 amide bonds. The van der Waals surface area contributed by atoms with E-state index in [1.807, 2.05) is 6.07 Å². The van der Waals surface area contributed by atoms with Crippen LogP contribution in [0, 0.1) is 0 Å². The fourth-order valence-corrected chi connectivity index (χ4v) is 1.90. The molecule has 3 aromatic rings. The van der Waals surface area contributed by atoms with E-state index in [0.29, 0.717) is 11.4 Å². The number of aromatic nitrogens is 3. The van der Waals surface area contributed by atoms with E-state index >= 15 is 0 Å². The molecule has 0 aliphatic carbocycles. The molecule has 0 radical (unpaired) electrons. The monoisotopic (exact) mass is 300 g/mol. The van der Waals surface area contributed by atoms with E-state index in [4.69, 9.17) is 16.0 Å². The van der Waals surface area contributed by atoms with Gasteiger partial charge in [0.2, 0.25) is 0 Å². The number of nitrogens with zero attached hydrogens (tertiary/aromatic N) is 3. The molecule has 0 atom stereocenters. The number of anilines is 1. The van der Waals surface area contributed by atoms with Crippen molar-refractivity contribution in [1.82, 2.24) is 15.0 Å². The van der Waals surface area contributed by atoms with Gasteiger partial charge in [0.05, 0.1) is 18.6 Å². The molecule has 0 bridgehead atoms. The van der Waals surface area contributed by atoms with Crippen LogP contribution in [0.3, 0.4) is 0 Å². The molecule has 0 aliphatic rings. The van der Waals surface area contributed by atoms with Crippen molar-refractivity contribution in [3.05, 3.63) is 60.1 Å². The second kappa shape index (κ2) is 5.72. The molecule has 21 heavy (non-hydrogen) atoms. The van der Waals surface area contributed by atoms with Gasteiger partial charge in [-0.15, -0.1) is 0 Å². The van der Waals surface area contributed by atoms with Crippen LogP contribution in [-0.4, -0.2) is 20.9 Å². The highest BCUT2D eigenvalue weighted by Crippen LogP contribution is 2.22. The minimum absolute atomic E-state index is 0.146. The molecule has 1 N–H and O–H groups in total. The molecule has 0 saturated carbocycles. The van der Waals surface area contributed by atoms with Gasteiger partial charge in [0, 0.05) is 11.3 Å². The topological polar surface area (TPSA) is 80.9 Å². The molecule has 0 fully saturated rings. The van der Waals surface area contributed by atoms with Crippen LogP contribution in [0.5, 0.6) is 0 Å². The van der Waals surface area contributed by atoms with Crippen molar-refractivity contribution in [3.8, 4) is 11.3 Å². The predicted molar refractivity (Wildman–Crippen MR) is 76.9 cm³/mol. The minimum atomic E-state index is -0.389. The zero-order chi connectivity index (χ0) is 14.7. The molecule has 1 aromatic carbocycles. The molecule has 0 spiro atoms. The van der Waals surface area contributed by atoms with Gasteiger partial charge in [0.25, 0.3) is 5.91 Å². The van der Waals surface area contributed by atoms with Crippen LogP contribution >= 0.6 is 11.6 Å². The van der Waals surface area contributed by atoms with E-state index < -0.39 is 0 Å². The molecule has 3 rings (SSSR count). The first-order chi connectivity index (χ1) is 10.2. The lowest BCUT2D eigenvalue weighted by Gasteiger charge is -2.06. The van der Waals surface area contributed by atoms with Crippen molar-refractivity contribution in [2.24, 2.45) is 0 Å². The number of carbonyl (C=O) groups is 1. The Bertz CT molecular complexity index is 774. The summed E-state index contributed by atoms with van der Waals surface area (Å²) in [5, 5.41) is 2.89. The molecule has 6 nitrogen and oxygen atoms in total. The largest absolute Gasteiger partial charge is 0.444 e. The molecule has 0 unspecified atom stereocenters. The number of carbonyl (C=O) groups excluding carboxylic acids is 1. The number of benzene rings is 1. The average molecular weight is 301 g/mol. The lowest BCUT2D eigenvalue weighted by Crippen LogP contribution is -2.14. The van der Waals surface area contributed by atoms with Gasteiger partial charge in [-0.1, -0.05) is 23.7 Å². The summed E-state index contributed by atoms with van der Waals surface area (Å²) in [4.78, 5) is 23.6. The van der Waals surface area contributed by atoms with Gasteiger partial charge in [0.15, 0.2) is 12.2 Å². The summed E-state index contributed by atoms with van der Waals surface area (Å²) in [5.41, 5.74) is 1.56. The van der Waals surface area contributed by atoms with E-state index in [1.165, 1.54) is 18.8 Å². The third kappa shape index (κ3) is 3.06. The van der Waals surface area contributed by atoms with E-state index in [0.717, 1.165) is 5.56 Å². The summed E-state index contributed by atoms with van der Waals surface area (Å²) in [5.74, 6) is 0.230. The van der Waals surface area contributed by atoms with Crippen molar-refractivity contribution in [2.75, 3.05) is 5.32 Å². The van der Waals surface area contributed by atoms with Crippen molar-refractivity contribution in [1.29, 1.82) is 0 Å². The third-order valence-electron chi connectivity index (χ3n) is 2.68. The number of nitrogens with one attached hydrogen (secondary N) is 1. The summed E-state index contributed by atoms with van der Waals surface area (Å²) in [7, 11) is 0. The third-order valence-corrected chi connectivity index (χ3v) is 2.86. The molecule has 104 valence electrons. The van der Waals surface area contributed by atoms with E-state index in [2.05, 4.69) is 20.3 Å². The summed E-state index contributed by atoms with van der Waals surface area (Å²) in [6, 6.07) is 7.19. The number of hydrogen-bond acceptors (Lipinski definition) is 5. The Morgan fingerprint density at radius 3 is 2.86 bits per heavy atom. The highest BCUT2D eigenvalue weighted by atomic mass is 35.5. The maximum atomic E-state index is 12.1. The number of oxazole rings is 1. The number of hydrogen-bond donors (Lipinski definition) is 1. The molecule has 0 aliphatic heterocycles. The fourth-order valence-electron chi connectivity index (χ4n) is 1.76. The Morgan fingerprint density at radius 1 is 1.19 bits per heavy atom. The lowest BCUT2D eigenvalue weighted by molar-refractivity contribution is 0.102. The van der Waals surface area contributed by atoms with E-state index in [9.17, 15) is 4.79 Å². The van der Waals surface area contributed by atoms with Crippen LogP contribution in [-0.2, 0) is 0 Å². The second-order valence-corrected chi connectivity index (χ2v) is 4.51. The normalized spacial score (nSPS) is 10.3. The van der Waals surface area contributed by atoms with Gasteiger partial charge in [-0.05, 0) is 12.1 Å². The second-order valence-electron chi connectivity index (χ2n) is 4.13. The van der Waals surface area contributed by atoms with Gasteiger partial charge < -0.3 is 9.73 Å². The molecule has 2 aromatic heterocycles. The van der Waals surface area contributed by atoms with Crippen molar-refractivity contribution >= 4 is 23.2 Å². The standard InChI is InChI=1S/C14H9ClN4O2/c15-13-7-16-5-11(19-13)14(20)18-10-3-1-2-9(4-10)12-6-17-8-21-12/h1-8H,(H,18,20). The molecule has 0 saturated heterocycles. The van der Waals surface area contributed by atoms with Gasteiger partial charge in [0.1, 0.15) is 10.8 Å². The smallest absolute Gasteiger partial charge is 0.275 e. The highest BCUT2D eigenvalue weighted by Gasteiger charge is 2.10. The lowest BCUT2D eigenvalue weighted by atomic mass is 10.1. The first-order valence-electron chi connectivity index (χ1n) is 6.00. The molecular weight excluding hydrogens is 292 g/mol. The summed E-state index contributed by atoms with van der Waals surface area (Å²) < 4.78 is 5.22. The van der Waals surface area contributed by atoms with Crippen molar-refractivity contribution in [2.45, 2.75) is 0 Å². The van der Waals surface area contributed by atoms with Gasteiger partial charge in [-0.3, -0.25) is 9.78 Å². The highest BCUT2D eigenvalue weighted by molar-refractivity contribution is 6.29. The summed E-state index contributed by atoms with van der Waals surface area (Å²) in [6.07, 6.45) is 5.66. The van der Waals surface area contributed by atoms with Gasteiger partial charge in [-0.25, -0.2) is 9.97 Å². The zero-order valence-corrected chi connectivity index (χ0v) is 11.4.